The van der Waals surface area contributed by atoms with Crippen molar-refractivity contribution in [1.29, 1.82) is 0 Å². The third kappa shape index (κ3) is 4.61. The second kappa shape index (κ2) is 8.91. The molecule has 2 aromatic rings. The second-order valence-electron chi connectivity index (χ2n) is 7.31. The topological polar surface area (TPSA) is 46.0 Å². The van der Waals surface area contributed by atoms with E-state index in [2.05, 4.69) is 34.5 Å². The van der Waals surface area contributed by atoms with Gasteiger partial charge in [-0.3, -0.25) is 4.79 Å². The number of hydrogen-bond donors (Lipinski definition) is 2. The maximum absolute atomic E-state index is 12.7. The molecule has 1 atom stereocenters. The molecule has 1 saturated heterocycles. The highest BCUT2D eigenvalue weighted by atomic mass is 16.5. The van der Waals surface area contributed by atoms with Crippen molar-refractivity contribution in [3.63, 3.8) is 0 Å². The molecule has 0 aromatic heterocycles. The highest BCUT2D eigenvalue weighted by Gasteiger charge is 2.28. The molecule has 2 N–H and O–H groups in total. The van der Waals surface area contributed by atoms with Gasteiger partial charge in [0.15, 0.2) is 0 Å². The number of nitrogens with zero attached hydrogens (tertiary/aromatic N) is 1. The normalized spacial score (nSPS) is 15.4. The van der Waals surface area contributed by atoms with Gasteiger partial charge in [-0.05, 0) is 24.3 Å². The first kappa shape index (κ1) is 19.2. The minimum Gasteiger partial charge on any atom is -0.496 e. The second-order valence-corrected chi connectivity index (χ2v) is 7.31. The highest BCUT2D eigenvalue weighted by Crippen LogP contribution is 2.19. The molecular formula is C22H30N3O2+. The van der Waals surface area contributed by atoms with E-state index in [4.69, 9.17) is 4.74 Å². The molecule has 27 heavy (non-hydrogen) atoms. The summed E-state index contributed by atoms with van der Waals surface area (Å²) in [4.78, 5) is 16.4. The molecule has 2 aromatic carbocycles. The Morgan fingerprint density at radius 1 is 1.11 bits per heavy atom. The Morgan fingerprint density at radius 2 is 1.78 bits per heavy atom. The van der Waals surface area contributed by atoms with Gasteiger partial charge < -0.3 is 19.9 Å². The van der Waals surface area contributed by atoms with E-state index in [0.717, 1.165) is 13.1 Å². The SMILES string of the molecule is COc1ccccc1C(=O)NC[C@H](c1ccc(N(C)C)cc1)[NH+]1CCCC1. The lowest BCUT2D eigenvalue weighted by molar-refractivity contribution is -0.918. The zero-order valence-electron chi connectivity index (χ0n) is 16.5. The predicted molar refractivity (Wildman–Crippen MR) is 109 cm³/mol. The summed E-state index contributed by atoms with van der Waals surface area (Å²) in [5, 5.41) is 3.14. The van der Waals surface area contributed by atoms with Crippen LogP contribution in [-0.4, -0.2) is 46.7 Å². The number of carbonyl (C=O) groups is 1. The maximum Gasteiger partial charge on any atom is 0.255 e. The summed E-state index contributed by atoms with van der Waals surface area (Å²) in [7, 11) is 5.69. The quantitative estimate of drug-likeness (QED) is 0.785. The molecule has 0 unspecified atom stereocenters. The minimum atomic E-state index is -0.0824. The number of ether oxygens (including phenoxy) is 1. The fourth-order valence-electron chi connectivity index (χ4n) is 3.80. The van der Waals surface area contributed by atoms with Crippen LogP contribution in [0.15, 0.2) is 48.5 Å². The Morgan fingerprint density at radius 3 is 2.41 bits per heavy atom. The molecule has 0 saturated carbocycles. The van der Waals surface area contributed by atoms with Crippen LogP contribution < -0.4 is 19.9 Å². The van der Waals surface area contributed by atoms with Crippen molar-refractivity contribution in [2.75, 3.05) is 45.7 Å². The molecule has 3 rings (SSSR count). The molecule has 1 aliphatic heterocycles. The Hall–Kier alpha value is -2.53. The van der Waals surface area contributed by atoms with Crippen molar-refractivity contribution in [3.05, 3.63) is 59.7 Å². The van der Waals surface area contributed by atoms with Gasteiger partial charge in [-0.15, -0.1) is 0 Å². The van der Waals surface area contributed by atoms with E-state index in [1.54, 1.807) is 18.1 Å². The van der Waals surface area contributed by atoms with E-state index in [0.29, 0.717) is 17.9 Å². The Balaban J connectivity index is 1.75. The summed E-state index contributed by atoms with van der Waals surface area (Å²) >= 11 is 0. The minimum absolute atomic E-state index is 0.0824. The number of carbonyl (C=O) groups excluding carboxylic acids is 1. The largest absolute Gasteiger partial charge is 0.496 e. The monoisotopic (exact) mass is 368 g/mol. The lowest BCUT2D eigenvalue weighted by Gasteiger charge is -2.26. The number of quaternary nitrogens is 1. The number of benzene rings is 2. The van der Waals surface area contributed by atoms with Crippen LogP contribution in [0.4, 0.5) is 5.69 Å². The summed E-state index contributed by atoms with van der Waals surface area (Å²) in [6.07, 6.45) is 2.50. The summed E-state index contributed by atoms with van der Waals surface area (Å²) in [5.41, 5.74) is 3.04. The average Bonchev–Trinajstić information content (AvgIpc) is 3.22. The number of hydrogen-bond acceptors (Lipinski definition) is 3. The summed E-state index contributed by atoms with van der Waals surface area (Å²) in [6, 6.07) is 16.3. The first-order valence-corrected chi connectivity index (χ1v) is 9.63. The molecule has 144 valence electrons. The van der Waals surface area contributed by atoms with Crippen LogP contribution in [0, 0.1) is 0 Å². The van der Waals surface area contributed by atoms with Gasteiger partial charge >= 0.3 is 0 Å². The molecule has 0 radical (unpaired) electrons. The van der Waals surface area contributed by atoms with Crippen molar-refractivity contribution in [1.82, 2.24) is 5.32 Å². The Kier molecular flexibility index (Phi) is 6.35. The number of rotatable bonds is 7. The summed E-state index contributed by atoms with van der Waals surface area (Å²) in [6.45, 7) is 2.93. The maximum atomic E-state index is 12.7. The van der Waals surface area contributed by atoms with Crippen molar-refractivity contribution < 1.29 is 14.4 Å². The molecule has 1 fully saturated rings. The number of para-hydroxylation sites is 1. The van der Waals surface area contributed by atoms with E-state index in [-0.39, 0.29) is 11.9 Å². The standard InChI is InChI=1S/C22H29N3O2/c1-24(2)18-12-10-17(11-13-18)20(25-14-6-7-15-25)16-23-22(26)19-8-4-5-9-21(19)27-3/h4-5,8-13,20H,6-7,14-16H2,1-3H3,(H,23,26)/p+1/t20-/m1/s1. The van der Waals surface area contributed by atoms with Gasteiger partial charge in [0.05, 0.1) is 32.3 Å². The third-order valence-electron chi connectivity index (χ3n) is 5.37. The first-order chi connectivity index (χ1) is 13.1. The third-order valence-corrected chi connectivity index (χ3v) is 5.37. The van der Waals surface area contributed by atoms with E-state index < -0.39 is 0 Å². The summed E-state index contributed by atoms with van der Waals surface area (Å²) < 4.78 is 5.32. The fourth-order valence-corrected chi connectivity index (χ4v) is 3.80. The number of amides is 1. The van der Waals surface area contributed by atoms with Crippen LogP contribution in [0.2, 0.25) is 0 Å². The average molecular weight is 369 g/mol. The Labute approximate surface area is 161 Å². The smallest absolute Gasteiger partial charge is 0.255 e. The molecule has 5 nitrogen and oxygen atoms in total. The van der Waals surface area contributed by atoms with Gasteiger partial charge in [-0.2, -0.15) is 0 Å². The van der Waals surface area contributed by atoms with Crippen LogP contribution in [0.25, 0.3) is 0 Å². The fraction of sp³-hybridized carbons (Fsp3) is 0.409. The van der Waals surface area contributed by atoms with Crippen LogP contribution in [0.3, 0.4) is 0 Å². The van der Waals surface area contributed by atoms with Crippen LogP contribution >= 0.6 is 0 Å². The number of likely N-dealkylation sites (tertiary alicyclic amines) is 1. The van der Waals surface area contributed by atoms with Crippen LogP contribution in [0.5, 0.6) is 5.75 Å². The molecule has 0 bridgehead atoms. The van der Waals surface area contributed by atoms with Gasteiger partial charge in [-0.25, -0.2) is 0 Å². The van der Waals surface area contributed by atoms with E-state index in [1.165, 1.54) is 24.1 Å². The van der Waals surface area contributed by atoms with Crippen molar-refractivity contribution in [3.8, 4) is 5.75 Å². The van der Waals surface area contributed by atoms with Gasteiger partial charge in [0, 0.05) is 38.2 Å². The summed E-state index contributed by atoms with van der Waals surface area (Å²) in [5.74, 6) is 0.524. The molecule has 1 aliphatic rings. The van der Waals surface area contributed by atoms with Crippen molar-refractivity contribution in [2.45, 2.75) is 18.9 Å². The number of anilines is 1. The van der Waals surface area contributed by atoms with Crippen molar-refractivity contribution >= 4 is 11.6 Å². The lowest BCUT2D eigenvalue weighted by atomic mass is 10.0. The van der Waals surface area contributed by atoms with Crippen molar-refractivity contribution in [2.24, 2.45) is 0 Å². The molecule has 0 aliphatic carbocycles. The van der Waals surface area contributed by atoms with E-state index >= 15 is 0 Å². The zero-order valence-corrected chi connectivity index (χ0v) is 16.5. The lowest BCUT2D eigenvalue weighted by Crippen LogP contribution is -3.11. The van der Waals surface area contributed by atoms with Gasteiger partial charge in [0.25, 0.3) is 5.91 Å². The van der Waals surface area contributed by atoms with Gasteiger partial charge in [-0.1, -0.05) is 24.3 Å². The number of methoxy groups -OCH3 is 1. The first-order valence-electron chi connectivity index (χ1n) is 9.63. The van der Waals surface area contributed by atoms with E-state index in [9.17, 15) is 4.79 Å². The van der Waals surface area contributed by atoms with Gasteiger partial charge in [0.1, 0.15) is 11.8 Å². The predicted octanol–water partition coefficient (Wildman–Crippen LogP) is 1.91. The van der Waals surface area contributed by atoms with E-state index in [1.807, 2.05) is 32.3 Å². The molecule has 0 spiro atoms. The number of nitrogens with one attached hydrogen (secondary N) is 2. The molecule has 5 heteroatoms. The highest BCUT2D eigenvalue weighted by molar-refractivity contribution is 5.96. The van der Waals surface area contributed by atoms with Gasteiger partial charge in [0.2, 0.25) is 0 Å². The Bertz CT molecular complexity index is 752. The molecular weight excluding hydrogens is 338 g/mol. The zero-order chi connectivity index (χ0) is 19.2. The van der Waals surface area contributed by atoms with Crippen LogP contribution in [-0.2, 0) is 0 Å². The molecule has 1 amide bonds. The molecule has 1 heterocycles. The van der Waals surface area contributed by atoms with Crippen LogP contribution in [0.1, 0.15) is 34.8 Å².